The third-order valence-corrected chi connectivity index (χ3v) is 4.85. The highest BCUT2D eigenvalue weighted by molar-refractivity contribution is 6.68. The second-order valence-electron chi connectivity index (χ2n) is 6.45. The van der Waals surface area contributed by atoms with Crippen LogP contribution >= 0.6 is 0 Å². The number of nitrogens with one attached hydrogen (secondary N) is 1. The van der Waals surface area contributed by atoms with Gasteiger partial charge in [-0.1, -0.05) is 0 Å². The van der Waals surface area contributed by atoms with Crippen LogP contribution in [0, 0.1) is 5.92 Å². The van der Waals surface area contributed by atoms with E-state index >= 15 is 0 Å². The van der Waals surface area contributed by atoms with Crippen LogP contribution in [0.25, 0.3) is 5.70 Å². The first-order chi connectivity index (χ1) is 11.1. The molecule has 4 rings (SSSR count). The molecule has 1 aromatic rings. The first kappa shape index (κ1) is 14.3. The van der Waals surface area contributed by atoms with Crippen molar-refractivity contribution >= 4 is 23.3 Å². The smallest absolute Gasteiger partial charge is 0.151 e. The van der Waals surface area contributed by atoms with Gasteiger partial charge in [-0.25, -0.2) is 4.99 Å². The molecule has 0 saturated carbocycles. The van der Waals surface area contributed by atoms with Crippen LogP contribution in [0.3, 0.4) is 0 Å². The minimum absolute atomic E-state index is 0.259. The third-order valence-electron chi connectivity index (χ3n) is 4.85. The average Bonchev–Trinajstić information content (AvgIpc) is 2.99. The van der Waals surface area contributed by atoms with Gasteiger partial charge in [0.25, 0.3) is 0 Å². The van der Waals surface area contributed by atoms with Crippen molar-refractivity contribution in [2.75, 3.05) is 13.1 Å². The van der Waals surface area contributed by atoms with Crippen LogP contribution < -0.4 is 5.32 Å². The molecule has 1 saturated heterocycles. The molecule has 0 amide bonds. The van der Waals surface area contributed by atoms with Crippen molar-refractivity contribution in [3.8, 4) is 5.75 Å². The van der Waals surface area contributed by atoms with Crippen LogP contribution in [0.15, 0.2) is 45.3 Å². The van der Waals surface area contributed by atoms with Gasteiger partial charge in [0.05, 0.1) is 17.6 Å². The summed E-state index contributed by atoms with van der Waals surface area (Å²) in [6.07, 6.45) is 6.10. The van der Waals surface area contributed by atoms with E-state index in [2.05, 4.69) is 17.2 Å². The Hall–Kier alpha value is -2.27. The van der Waals surface area contributed by atoms with E-state index < -0.39 is 0 Å². The van der Waals surface area contributed by atoms with Crippen molar-refractivity contribution in [2.24, 2.45) is 20.9 Å². The number of aromatic hydroxyl groups is 1. The molecule has 3 heterocycles. The summed E-state index contributed by atoms with van der Waals surface area (Å²) in [6.45, 7) is 4.20. The molecule has 0 bridgehead atoms. The molecule has 1 fully saturated rings. The van der Waals surface area contributed by atoms with Gasteiger partial charge < -0.3 is 10.4 Å². The number of fused-ring (bicyclic) bond motifs is 1. The molecule has 2 N–H and O–H groups in total. The van der Waals surface area contributed by atoms with Crippen LogP contribution in [-0.4, -0.2) is 41.5 Å². The molecule has 23 heavy (non-hydrogen) atoms. The Morgan fingerprint density at radius 1 is 1.13 bits per heavy atom. The van der Waals surface area contributed by atoms with E-state index in [1.54, 1.807) is 12.1 Å². The molecule has 0 spiro atoms. The molecule has 1 unspecified atom stereocenters. The van der Waals surface area contributed by atoms with Crippen molar-refractivity contribution in [2.45, 2.75) is 25.4 Å². The van der Waals surface area contributed by atoms with Crippen LogP contribution in [0.2, 0.25) is 0 Å². The zero-order valence-corrected chi connectivity index (χ0v) is 13.2. The van der Waals surface area contributed by atoms with Crippen molar-refractivity contribution in [3.63, 3.8) is 0 Å². The Balaban J connectivity index is 1.64. The average molecular weight is 308 g/mol. The highest BCUT2D eigenvalue weighted by atomic mass is 16.3. The number of aliphatic imine (C=N–C) groups is 3. The van der Waals surface area contributed by atoms with Crippen molar-refractivity contribution in [3.05, 3.63) is 35.9 Å². The largest absolute Gasteiger partial charge is 0.508 e. The van der Waals surface area contributed by atoms with E-state index in [0.29, 0.717) is 5.92 Å². The number of phenols is 1. The number of allylic oxidation sites excluding steroid dienone is 1. The maximum Gasteiger partial charge on any atom is 0.151 e. The molecule has 118 valence electrons. The van der Waals surface area contributed by atoms with Crippen molar-refractivity contribution in [1.29, 1.82) is 0 Å². The molecular weight excluding hydrogens is 288 g/mol. The number of piperidine rings is 1. The number of nitrogens with zero attached hydrogens (tertiary/aromatic N) is 3. The van der Waals surface area contributed by atoms with E-state index in [0.717, 1.165) is 48.6 Å². The number of benzene rings is 1. The minimum atomic E-state index is -0.378. The van der Waals surface area contributed by atoms with Gasteiger partial charge in [-0.05, 0) is 63.2 Å². The van der Waals surface area contributed by atoms with E-state index in [1.165, 1.54) is 0 Å². The SMILES string of the molecule is CC1(C2CCNCC2)N=CC2=NC(c3ccc(O)cc3)=CC2=N1. The highest BCUT2D eigenvalue weighted by Gasteiger charge is 2.37. The van der Waals surface area contributed by atoms with Gasteiger partial charge in [-0.2, -0.15) is 0 Å². The maximum absolute atomic E-state index is 9.41. The van der Waals surface area contributed by atoms with Gasteiger partial charge in [-0.3, -0.25) is 9.98 Å². The Morgan fingerprint density at radius 2 is 1.87 bits per heavy atom. The zero-order chi connectivity index (χ0) is 15.9. The molecule has 1 atom stereocenters. The summed E-state index contributed by atoms with van der Waals surface area (Å²) in [7, 11) is 0. The van der Waals surface area contributed by atoms with E-state index in [-0.39, 0.29) is 11.4 Å². The first-order valence-electron chi connectivity index (χ1n) is 8.10. The van der Waals surface area contributed by atoms with Crippen LogP contribution in [-0.2, 0) is 0 Å². The summed E-state index contributed by atoms with van der Waals surface area (Å²) < 4.78 is 0. The molecule has 5 heteroatoms. The zero-order valence-electron chi connectivity index (χ0n) is 13.2. The van der Waals surface area contributed by atoms with Crippen molar-refractivity contribution < 1.29 is 5.11 Å². The molecule has 0 aliphatic carbocycles. The number of rotatable bonds is 2. The topological polar surface area (TPSA) is 69.3 Å². The second kappa shape index (κ2) is 5.42. The fraction of sp³-hybridized carbons (Fsp3) is 0.389. The lowest BCUT2D eigenvalue weighted by Crippen LogP contribution is -2.42. The summed E-state index contributed by atoms with van der Waals surface area (Å²) in [5.74, 6) is 0.731. The first-order valence-corrected chi connectivity index (χ1v) is 8.10. The Morgan fingerprint density at radius 3 is 2.61 bits per heavy atom. The summed E-state index contributed by atoms with van der Waals surface area (Å²) in [6, 6.07) is 7.08. The predicted molar refractivity (Wildman–Crippen MR) is 93.4 cm³/mol. The standard InChI is InChI=1S/C18H20N4O/c1-18(13-6-8-19-9-7-13)20-11-17-16(22-18)10-15(21-17)12-2-4-14(23)5-3-12/h2-5,10-11,13,19,23H,6-9H2,1H3. The maximum atomic E-state index is 9.41. The van der Waals surface area contributed by atoms with Crippen molar-refractivity contribution in [1.82, 2.24) is 5.32 Å². The second-order valence-corrected chi connectivity index (χ2v) is 6.45. The Labute approximate surface area is 135 Å². The molecular formula is C18H20N4O. The Kier molecular flexibility index (Phi) is 3.38. The fourth-order valence-electron chi connectivity index (χ4n) is 3.42. The van der Waals surface area contributed by atoms with E-state index in [9.17, 15) is 5.11 Å². The molecule has 0 aromatic heterocycles. The summed E-state index contributed by atoms with van der Waals surface area (Å²) in [5.41, 5.74) is 3.23. The minimum Gasteiger partial charge on any atom is -0.508 e. The Bertz CT molecular complexity index is 739. The number of phenolic OH excluding ortho intramolecular Hbond substituents is 1. The molecule has 5 nitrogen and oxygen atoms in total. The molecule has 3 aliphatic rings. The van der Waals surface area contributed by atoms with E-state index in [1.807, 2.05) is 24.4 Å². The highest BCUT2D eigenvalue weighted by Crippen LogP contribution is 2.34. The van der Waals surface area contributed by atoms with Crippen LogP contribution in [0.4, 0.5) is 0 Å². The van der Waals surface area contributed by atoms with Crippen LogP contribution in [0.5, 0.6) is 5.75 Å². The summed E-state index contributed by atoms with van der Waals surface area (Å²) in [5, 5.41) is 12.8. The van der Waals surface area contributed by atoms with Gasteiger partial charge in [-0.15, -0.1) is 0 Å². The number of hydrogen-bond donors (Lipinski definition) is 2. The van der Waals surface area contributed by atoms with Gasteiger partial charge in [0.15, 0.2) is 5.66 Å². The molecule has 1 aromatic carbocycles. The third kappa shape index (κ3) is 2.61. The normalized spacial score (nSPS) is 27.3. The summed E-state index contributed by atoms with van der Waals surface area (Å²) >= 11 is 0. The summed E-state index contributed by atoms with van der Waals surface area (Å²) in [4.78, 5) is 14.3. The van der Waals surface area contributed by atoms with Gasteiger partial charge in [0, 0.05) is 11.5 Å². The lowest BCUT2D eigenvalue weighted by molar-refractivity contribution is 0.244. The lowest BCUT2D eigenvalue weighted by atomic mass is 9.85. The molecule has 3 aliphatic heterocycles. The predicted octanol–water partition coefficient (Wildman–Crippen LogP) is 2.43. The fourth-order valence-corrected chi connectivity index (χ4v) is 3.42. The monoisotopic (exact) mass is 308 g/mol. The molecule has 0 radical (unpaired) electrons. The van der Waals surface area contributed by atoms with E-state index in [4.69, 9.17) is 9.98 Å². The lowest BCUT2D eigenvalue weighted by Gasteiger charge is -2.35. The van der Waals surface area contributed by atoms with Crippen LogP contribution in [0.1, 0.15) is 25.3 Å². The quantitative estimate of drug-likeness (QED) is 0.881. The van der Waals surface area contributed by atoms with Gasteiger partial charge in [0.1, 0.15) is 11.5 Å². The van der Waals surface area contributed by atoms with Gasteiger partial charge in [0.2, 0.25) is 0 Å². The van der Waals surface area contributed by atoms with Gasteiger partial charge >= 0.3 is 0 Å². The number of hydrogen-bond acceptors (Lipinski definition) is 5.